The number of hydrogen-bond acceptors (Lipinski definition) is 5. The third-order valence-electron chi connectivity index (χ3n) is 7.19. The van der Waals surface area contributed by atoms with E-state index in [9.17, 15) is 40.7 Å². The van der Waals surface area contributed by atoms with Gasteiger partial charge in [0.05, 0.1) is 6.54 Å². The van der Waals surface area contributed by atoms with Crippen molar-refractivity contribution in [2.75, 3.05) is 19.6 Å². The average molecular weight is 539 g/mol. The number of rotatable bonds is 4. The van der Waals surface area contributed by atoms with Crippen molar-refractivity contribution in [1.82, 2.24) is 24.7 Å². The highest BCUT2D eigenvalue weighted by Gasteiger charge is 2.60. The Kier molecular flexibility index (Phi) is 6.64. The number of piperidine rings is 1. The zero-order valence-electron chi connectivity index (χ0n) is 20.2. The predicted octanol–water partition coefficient (Wildman–Crippen LogP) is 3.24. The molecule has 9 nitrogen and oxygen atoms in total. The van der Waals surface area contributed by atoms with Gasteiger partial charge in [-0.3, -0.25) is 9.59 Å². The highest BCUT2D eigenvalue weighted by molar-refractivity contribution is 5.92. The van der Waals surface area contributed by atoms with E-state index >= 15 is 0 Å². The van der Waals surface area contributed by atoms with Crippen molar-refractivity contribution in [3.05, 3.63) is 17.7 Å². The van der Waals surface area contributed by atoms with Crippen LogP contribution in [0.15, 0.2) is 6.20 Å². The Bertz CT molecular complexity index is 1060. The summed E-state index contributed by atoms with van der Waals surface area (Å²) in [6.07, 6.45) is -14.1. The van der Waals surface area contributed by atoms with Gasteiger partial charge in [-0.05, 0) is 32.6 Å². The summed E-state index contributed by atoms with van der Waals surface area (Å²) in [6, 6.07) is 0. The summed E-state index contributed by atoms with van der Waals surface area (Å²) < 4.78 is 81.6. The van der Waals surface area contributed by atoms with E-state index in [4.69, 9.17) is 0 Å². The highest BCUT2D eigenvalue weighted by Crippen LogP contribution is 2.47. The van der Waals surface area contributed by atoms with Gasteiger partial charge in [0.2, 0.25) is 5.91 Å². The first kappa shape index (κ1) is 27.0. The Morgan fingerprint density at radius 1 is 0.946 bits per heavy atom. The molecule has 3 aliphatic rings. The van der Waals surface area contributed by atoms with Crippen molar-refractivity contribution in [2.45, 2.75) is 76.6 Å². The van der Waals surface area contributed by atoms with E-state index in [0.717, 1.165) is 17.7 Å². The first-order chi connectivity index (χ1) is 17.0. The highest BCUT2D eigenvalue weighted by atomic mass is 19.4. The van der Waals surface area contributed by atoms with E-state index in [-0.39, 0.29) is 49.5 Å². The Morgan fingerprint density at radius 2 is 1.54 bits per heavy atom. The van der Waals surface area contributed by atoms with Crippen LogP contribution in [-0.4, -0.2) is 80.9 Å². The molecule has 1 saturated heterocycles. The number of nitrogens with zero attached hydrogens (tertiary/aromatic N) is 4. The van der Waals surface area contributed by atoms with E-state index in [1.807, 2.05) is 6.92 Å². The SMILES string of the molecule is CC1(NC(=O)c2cn3c(n2)CN(C(=O)C2(C)CC2)CC3)CCN(C(=O)OC(C(F)(F)F)C(F)(F)F)CC1. The van der Waals surface area contributed by atoms with Gasteiger partial charge >= 0.3 is 18.4 Å². The minimum Gasteiger partial charge on any atom is -0.426 e. The van der Waals surface area contributed by atoms with Crippen molar-refractivity contribution in [2.24, 2.45) is 5.41 Å². The number of nitrogens with one attached hydrogen (secondary N) is 1. The van der Waals surface area contributed by atoms with Gasteiger partial charge in [0.15, 0.2) is 0 Å². The Labute approximate surface area is 208 Å². The number of ether oxygens (including phenoxy) is 1. The molecule has 0 bridgehead atoms. The summed E-state index contributed by atoms with van der Waals surface area (Å²) in [5, 5.41) is 2.80. The molecule has 4 rings (SSSR count). The molecular weight excluding hydrogens is 512 g/mol. The molecule has 1 aromatic rings. The van der Waals surface area contributed by atoms with Gasteiger partial charge in [0.25, 0.3) is 12.0 Å². The molecule has 1 aromatic heterocycles. The molecule has 3 amide bonds. The number of amides is 3. The molecule has 15 heteroatoms. The number of alkyl halides is 6. The summed E-state index contributed by atoms with van der Waals surface area (Å²) in [5.41, 5.74) is -1.07. The van der Waals surface area contributed by atoms with Crippen LogP contribution in [0.3, 0.4) is 0 Å². The number of hydrogen-bond donors (Lipinski definition) is 1. The lowest BCUT2D eigenvalue weighted by Crippen LogP contribution is -2.55. The van der Waals surface area contributed by atoms with Gasteiger partial charge in [-0.15, -0.1) is 0 Å². The topological polar surface area (TPSA) is 96.8 Å². The minimum atomic E-state index is -5.80. The van der Waals surface area contributed by atoms with Crippen LogP contribution < -0.4 is 5.32 Å². The number of halogens is 6. The van der Waals surface area contributed by atoms with Crippen LogP contribution in [0.25, 0.3) is 0 Å². The Balaban J connectivity index is 1.32. The van der Waals surface area contributed by atoms with Crippen molar-refractivity contribution >= 4 is 17.9 Å². The van der Waals surface area contributed by atoms with Crippen LogP contribution in [-0.2, 0) is 22.6 Å². The van der Waals surface area contributed by atoms with Crippen LogP contribution in [0, 0.1) is 5.41 Å². The van der Waals surface area contributed by atoms with Gasteiger partial charge in [-0.1, -0.05) is 6.92 Å². The zero-order chi connectivity index (χ0) is 27.4. The van der Waals surface area contributed by atoms with Crippen LogP contribution in [0.5, 0.6) is 0 Å². The Morgan fingerprint density at radius 3 is 2.08 bits per heavy atom. The Hall–Kier alpha value is -3.00. The van der Waals surface area contributed by atoms with Crippen molar-refractivity contribution in [1.29, 1.82) is 0 Å². The molecule has 0 unspecified atom stereocenters. The number of imidazole rings is 1. The van der Waals surface area contributed by atoms with Crippen LogP contribution in [0.1, 0.15) is 55.8 Å². The quantitative estimate of drug-likeness (QED) is 0.593. The fourth-order valence-corrected chi connectivity index (χ4v) is 4.46. The van der Waals surface area contributed by atoms with Crippen molar-refractivity contribution in [3.8, 4) is 0 Å². The first-order valence-electron chi connectivity index (χ1n) is 11.8. The van der Waals surface area contributed by atoms with E-state index in [1.54, 1.807) is 22.6 Å². The molecule has 0 aromatic carbocycles. The number of carbonyl (C=O) groups excluding carboxylic acids is 3. The summed E-state index contributed by atoms with van der Waals surface area (Å²) in [6.45, 7) is 4.43. The second kappa shape index (κ2) is 9.08. The lowest BCUT2D eigenvalue weighted by molar-refractivity contribution is -0.308. The van der Waals surface area contributed by atoms with Gasteiger partial charge < -0.3 is 24.4 Å². The molecule has 3 heterocycles. The maximum absolute atomic E-state index is 12.9. The second-order valence-electron chi connectivity index (χ2n) is 10.4. The number of carbonyl (C=O) groups is 3. The van der Waals surface area contributed by atoms with E-state index < -0.39 is 36.0 Å². The summed E-state index contributed by atoms with van der Waals surface area (Å²) in [5.74, 6) is 0.129. The minimum absolute atomic E-state index is 0.0716. The molecule has 1 N–H and O–H groups in total. The van der Waals surface area contributed by atoms with Gasteiger partial charge in [0, 0.05) is 43.3 Å². The third kappa shape index (κ3) is 5.79. The van der Waals surface area contributed by atoms with Crippen LogP contribution in [0.2, 0.25) is 0 Å². The molecule has 2 aliphatic heterocycles. The molecule has 206 valence electrons. The average Bonchev–Trinajstić information content (AvgIpc) is 3.39. The fraction of sp³-hybridized carbons (Fsp3) is 0.727. The molecule has 1 aliphatic carbocycles. The van der Waals surface area contributed by atoms with Crippen LogP contribution in [0.4, 0.5) is 31.1 Å². The van der Waals surface area contributed by atoms with Gasteiger partial charge in [0.1, 0.15) is 11.5 Å². The number of aromatic nitrogens is 2. The standard InChI is InChI=1S/C22H27F6N5O4/c1-19(3-4-19)17(35)33-10-9-32-11-13(29-14(32)12-33)15(34)30-20(2)5-7-31(8-6-20)18(36)37-16(21(23,24)25)22(26,27)28/h11,16H,3-10,12H2,1-2H3,(H,30,34). The molecule has 2 fully saturated rings. The fourth-order valence-electron chi connectivity index (χ4n) is 4.46. The van der Waals surface area contributed by atoms with E-state index in [2.05, 4.69) is 15.0 Å². The summed E-state index contributed by atoms with van der Waals surface area (Å²) >= 11 is 0. The lowest BCUT2D eigenvalue weighted by atomic mass is 9.89. The summed E-state index contributed by atoms with van der Waals surface area (Å²) in [4.78, 5) is 44.3. The number of fused-ring (bicyclic) bond motifs is 1. The predicted molar refractivity (Wildman–Crippen MR) is 114 cm³/mol. The second-order valence-corrected chi connectivity index (χ2v) is 10.4. The molecular formula is C22H27F6N5O4. The maximum atomic E-state index is 12.9. The van der Waals surface area contributed by atoms with Gasteiger partial charge in [-0.25, -0.2) is 9.78 Å². The maximum Gasteiger partial charge on any atom is 0.434 e. The largest absolute Gasteiger partial charge is 0.434 e. The lowest BCUT2D eigenvalue weighted by Gasteiger charge is -2.39. The van der Waals surface area contributed by atoms with Crippen molar-refractivity contribution < 1.29 is 45.5 Å². The smallest absolute Gasteiger partial charge is 0.426 e. The zero-order valence-corrected chi connectivity index (χ0v) is 20.2. The monoisotopic (exact) mass is 539 g/mol. The normalized spacial score (nSPS) is 20.9. The third-order valence-corrected chi connectivity index (χ3v) is 7.19. The van der Waals surface area contributed by atoms with Gasteiger partial charge in [-0.2, -0.15) is 26.3 Å². The molecule has 0 radical (unpaired) electrons. The summed E-state index contributed by atoms with van der Waals surface area (Å²) in [7, 11) is 0. The molecule has 1 saturated carbocycles. The van der Waals surface area contributed by atoms with Crippen LogP contribution >= 0.6 is 0 Å². The van der Waals surface area contributed by atoms with E-state index in [0.29, 0.717) is 18.9 Å². The first-order valence-corrected chi connectivity index (χ1v) is 11.8. The molecule has 0 spiro atoms. The van der Waals surface area contributed by atoms with E-state index in [1.165, 1.54) is 0 Å². The van der Waals surface area contributed by atoms with Crippen molar-refractivity contribution in [3.63, 3.8) is 0 Å². The number of likely N-dealkylation sites (tertiary alicyclic amines) is 1. The molecule has 0 atom stereocenters. The molecule has 37 heavy (non-hydrogen) atoms.